The van der Waals surface area contributed by atoms with Gasteiger partial charge in [0.05, 0.1) is 11.4 Å². The molecule has 0 amide bonds. The quantitative estimate of drug-likeness (QED) is 0.320. The largest absolute Gasteiger partial charge is 0.508 e. The molecule has 0 aliphatic carbocycles. The van der Waals surface area contributed by atoms with Gasteiger partial charge in [-0.2, -0.15) is 0 Å². The number of benzene rings is 4. The molecule has 5 nitrogen and oxygen atoms in total. The van der Waals surface area contributed by atoms with E-state index in [4.69, 9.17) is 4.74 Å². The van der Waals surface area contributed by atoms with Crippen molar-refractivity contribution in [2.45, 2.75) is 20.8 Å². The molecule has 0 aliphatic rings. The maximum absolute atomic E-state index is 10.7. The minimum Gasteiger partial charge on any atom is -0.508 e. The van der Waals surface area contributed by atoms with E-state index in [0.717, 1.165) is 22.4 Å². The minimum atomic E-state index is 0.114. The van der Waals surface area contributed by atoms with Gasteiger partial charge in [0.1, 0.15) is 28.7 Å². The van der Waals surface area contributed by atoms with Crippen LogP contribution in [0.4, 0.5) is 17.1 Å². The minimum absolute atomic E-state index is 0.114. The van der Waals surface area contributed by atoms with Crippen LogP contribution in [0.25, 0.3) is 0 Å². The average molecular weight is 428 g/mol. The summed E-state index contributed by atoms with van der Waals surface area (Å²) in [6.07, 6.45) is 0. The van der Waals surface area contributed by atoms with E-state index in [-0.39, 0.29) is 17.2 Å². The third-order valence-corrected chi connectivity index (χ3v) is 5.39. The van der Waals surface area contributed by atoms with Crippen molar-refractivity contribution in [1.29, 1.82) is 0 Å². The van der Waals surface area contributed by atoms with Crippen LogP contribution in [-0.2, 0) is 0 Å². The monoisotopic (exact) mass is 427 g/mol. The van der Waals surface area contributed by atoms with Crippen molar-refractivity contribution in [1.82, 2.24) is 0 Å². The Morgan fingerprint density at radius 3 is 1.59 bits per heavy atom. The van der Waals surface area contributed by atoms with Crippen molar-refractivity contribution in [3.05, 3.63) is 95.6 Å². The number of hydrogen-bond acceptors (Lipinski definition) is 5. The van der Waals surface area contributed by atoms with Gasteiger partial charge in [-0.25, -0.2) is 0 Å². The molecule has 4 rings (SSSR count). The summed E-state index contributed by atoms with van der Waals surface area (Å²) in [4.78, 5) is 1.84. The fraction of sp³-hybridized carbons (Fsp3) is 0.111. The number of phenols is 3. The third kappa shape index (κ3) is 4.05. The van der Waals surface area contributed by atoms with Gasteiger partial charge >= 0.3 is 0 Å². The average Bonchev–Trinajstić information content (AvgIpc) is 2.75. The van der Waals surface area contributed by atoms with E-state index in [2.05, 4.69) is 0 Å². The lowest BCUT2D eigenvalue weighted by atomic mass is 10.1. The van der Waals surface area contributed by atoms with Crippen LogP contribution < -0.4 is 9.64 Å². The number of nitrogens with zero attached hydrogens (tertiary/aromatic N) is 1. The summed E-state index contributed by atoms with van der Waals surface area (Å²) >= 11 is 0. The third-order valence-electron chi connectivity index (χ3n) is 5.39. The van der Waals surface area contributed by atoms with Crippen LogP contribution >= 0.6 is 0 Å². The highest BCUT2D eigenvalue weighted by molar-refractivity contribution is 5.86. The molecule has 0 spiro atoms. The summed E-state index contributed by atoms with van der Waals surface area (Å²) in [7, 11) is 0. The topological polar surface area (TPSA) is 73.2 Å². The number of hydrogen-bond donors (Lipinski definition) is 3. The van der Waals surface area contributed by atoms with E-state index in [0.29, 0.717) is 22.9 Å². The zero-order chi connectivity index (χ0) is 22.8. The van der Waals surface area contributed by atoms with Crippen molar-refractivity contribution in [2.75, 3.05) is 4.90 Å². The van der Waals surface area contributed by atoms with E-state index in [1.165, 1.54) is 0 Å². The molecule has 0 aliphatic heterocycles. The van der Waals surface area contributed by atoms with Crippen LogP contribution in [0.2, 0.25) is 0 Å². The first kappa shape index (κ1) is 21.1. The summed E-state index contributed by atoms with van der Waals surface area (Å²) in [5.41, 5.74) is 4.44. The number of rotatable bonds is 5. The van der Waals surface area contributed by atoms with E-state index in [1.807, 2.05) is 62.1 Å². The zero-order valence-electron chi connectivity index (χ0n) is 18.2. The molecule has 0 atom stereocenters. The SMILES string of the molecule is Cc1ccc(Oc2ccc(N(c3c(C)cccc3O)c3c(C)cccc3O)cc2)cc1O. The van der Waals surface area contributed by atoms with Crippen LogP contribution in [0.5, 0.6) is 28.7 Å². The molecule has 0 saturated heterocycles. The van der Waals surface area contributed by atoms with Crippen LogP contribution in [0.15, 0.2) is 78.9 Å². The molecule has 5 heteroatoms. The number of anilines is 3. The molecular weight excluding hydrogens is 402 g/mol. The maximum atomic E-state index is 10.7. The molecule has 3 N–H and O–H groups in total. The maximum Gasteiger partial charge on any atom is 0.139 e. The van der Waals surface area contributed by atoms with E-state index in [1.54, 1.807) is 42.5 Å². The van der Waals surface area contributed by atoms with Crippen LogP contribution in [-0.4, -0.2) is 15.3 Å². The first-order valence-electron chi connectivity index (χ1n) is 10.3. The highest BCUT2D eigenvalue weighted by Gasteiger charge is 2.22. The molecule has 0 saturated carbocycles. The fourth-order valence-electron chi connectivity index (χ4n) is 3.69. The Morgan fingerprint density at radius 1 is 0.562 bits per heavy atom. The molecule has 0 radical (unpaired) electrons. The predicted molar refractivity (Wildman–Crippen MR) is 127 cm³/mol. The summed E-state index contributed by atoms with van der Waals surface area (Å²) in [6.45, 7) is 5.65. The Labute approximate surface area is 187 Å². The standard InChI is InChI=1S/C27H25NO4/c1-17-10-13-22(16-25(17)31)32-21-14-11-20(12-15-21)28(26-18(2)6-4-8-23(26)29)27-19(3)7-5-9-24(27)30/h4-16,29-31H,1-3H3. The Balaban J connectivity index is 1.77. The van der Waals surface area contributed by atoms with Crippen molar-refractivity contribution >= 4 is 17.1 Å². The second kappa shape index (κ2) is 8.55. The number of para-hydroxylation sites is 2. The second-order valence-corrected chi connectivity index (χ2v) is 7.76. The van der Waals surface area contributed by atoms with Gasteiger partial charge in [-0.3, -0.25) is 0 Å². The van der Waals surface area contributed by atoms with Crippen LogP contribution in [0.1, 0.15) is 16.7 Å². The number of ether oxygens (including phenoxy) is 1. The number of aryl methyl sites for hydroxylation is 3. The van der Waals surface area contributed by atoms with Gasteiger partial charge in [-0.1, -0.05) is 30.3 Å². The summed E-state index contributed by atoms with van der Waals surface area (Å²) in [5, 5.41) is 31.3. The molecule has 162 valence electrons. The highest BCUT2D eigenvalue weighted by atomic mass is 16.5. The van der Waals surface area contributed by atoms with Crippen molar-refractivity contribution in [3.63, 3.8) is 0 Å². The van der Waals surface area contributed by atoms with Gasteiger partial charge in [0, 0.05) is 11.8 Å². The smallest absolute Gasteiger partial charge is 0.139 e. The Bertz CT molecular complexity index is 1170. The predicted octanol–water partition coefficient (Wildman–Crippen LogP) is 6.99. The summed E-state index contributed by atoms with van der Waals surface area (Å²) in [6, 6.07) is 23.2. The Kier molecular flexibility index (Phi) is 5.65. The van der Waals surface area contributed by atoms with Crippen LogP contribution in [0, 0.1) is 20.8 Å². The van der Waals surface area contributed by atoms with Crippen LogP contribution in [0.3, 0.4) is 0 Å². The van der Waals surface area contributed by atoms with E-state index >= 15 is 0 Å². The fourth-order valence-corrected chi connectivity index (χ4v) is 3.69. The molecular formula is C27H25NO4. The molecule has 0 bridgehead atoms. The molecule has 0 heterocycles. The van der Waals surface area contributed by atoms with Gasteiger partial charge in [-0.05, 0) is 79.9 Å². The summed E-state index contributed by atoms with van der Waals surface area (Å²) in [5.74, 6) is 1.53. The van der Waals surface area contributed by atoms with Gasteiger partial charge in [0.25, 0.3) is 0 Å². The molecule has 0 unspecified atom stereocenters. The second-order valence-electron chi connectivity index (χ2n) is 7.76. The first-order valence-corrected chi connectivity index (χ1v) is 10.3. The molecule has 4 aromatic carbocycles. The zero-order valence-corrected chi connectivity index (χ0v) is 18.2. The summed E-state index contributed by atoms with van der Waals surface area (Å²) < 4.78 is 5.88. The van der Waals surface area contributed by atoms with Gasteiger partial charge in [-0.15, -0.1) is 0 Å². The normalized spacial score (nSPS) is 10.7. The Hall–Kier alpha value is -4.12. The molecule has 4 aromatic rings. The van der Waals surface area contributed by atoms with E-state index in [9.17, 15) is 15.3 Å². The van der Waals surface area contributed by atoms with Gasteiger partial charge in [0.2, 0.25) is 0 Å². The van der Waals surface area contributed by atoms with Crippen molar-refractivity contribution < 1.29 is 20.1 Å². The molecule has 0 aromatic heterocycles. The number of phenolic OH excluding ortho intramolecular Hbond substituents is 3. The van der Waals surface area contributed by atoms with Gasteiger partial charge < -0.3 is 25.0 Å². The van der Waals surface area contributed by atoms with E-state index < -0.39 is 0 Å². The number of aromatic hydroxyl groups is 3. The lowest BCUT2D eigenvalue weighted by Gasteiger charge is -2.29. The lowest BCUT2D eigenvalue weighted by Crippen LogP contribution is -2.13. The molecule has 0 fully saturated rings. The Morgan fingerprint density at radius 2 is 1.09 bits per heavy atom. The van der Waals surface area contributed by atoms with Crippen molar-refractivity contribution in [3.8, 4) is 28.7 Å². The first-order chi connectivity index (χ1) is 15.3. The molecule has 32 heavy (non-hydrogen) atoms. The highest BCUT2D eigenvalue weighted by Crippen LogP contribution is 2.46. The van der Waals surface area contributed by atoms with Crippen molar-refractivity contribution in [2.24, 2.45) is 0 Å². The lowest BCUT2D eigenvalue weighted by molar-refractivity contribution is 0.452. The van der Waals surface area contributed by atoms with Gasteiger partial charge in [0.15, 0.2) is 0 Å².